The zero-order valence-electron chi connectivity index (χ0n) is 33.0. The van der Waals surface area contributed by atoms with E-state index in [0.717, 1.165) is 19.3 Å². The number of hydrogen-bond acceptors (Lipinski definition) is 0. The normalized spacial score (nSPS) is 12.9. The lowest BCUT2D eigenvalue weighted by Crippen LogP contribution is -2.13. The van der Waals surface area contributed by atoms with Gasteiger partial charge in [0.15, 0.2) is 0 Å². The Bertz CT molecular complexity index is 1190. The van der Waals surface area contributed by atoms with Crippen LogP contribution in [-0.2, 0) is 35.5 Å². The predicted molar refractivity (Wildman–Crippen MR) is 205 cm³/mol. The fourth-order valence-corrected chi connectivity index (χ4v) is 5.23. The second kappa shape index (κ2) is 15.5. The van der Waals surface area contributed by atoms with Crippen LogP contribution in [0.25, 0.3) is 0 Å². The van der Waals surface area contributed by atoms with E-state index in [0.29, 0.717) is 16.2 Å². The van der Waals surface area contributed by atoms with Gasteiger partial charge in [0.05, 0.1) is 0 Å². The molecule has 0 fully saturated rings. The highest BCUT2D eigenvalue weighted by Gasteiger charge is 2.18. The van der Waals surface area contributed by atoms with Crippen molar-refractivity contribution in [1.29, 1.82) is 0 Å². The van der Waals surface area contributed by atoms with Crippen molar-refractivity contribution in [2.75, 3.05) is 0 Å². The molecule has 3 rings (SSSR count). The van der Waals surface area contributed by atoms with Crippen LogP contribution in [0.3, 0.4) is 0 Å². The van der Waals surface area contributed by atoms with Crippen molar-refractivity contribution in [2.24, 2.45) is 16.2 Å². The molecule has 0 heterocycles. The Hall–Kier alpha value is -2.34. The molecule has 0 aliphatic rings. The highest BCUT2D eigenvalue weighted by atomic mass is 14.2. The van der Waals surface area contributed by atoms with Crippen LogP contribution in [0, 0.1) is 16.2 Å². The van der Waals surface area contributed by atoms with Crippen molar-refractivity contribution < 1.29 is 0 Å². The van der Waals surface area contributed by atoms with Crippen molar-refractivity contribution in [1.82, 2.24) is 0 Å². The summed E-state index contributed by atoms with van der Waals surface area (Å²) < 4.78 is 0. The number of rotatable bonds is 3. The molecule has 0 saturated heterocycles. The second-order valence-electron chi connectivity index (χ2n) is 20.1. The molecule has 0 N–H and O–H groups in total. The molecule has 3 aromatic rings. The van der Waals surface area contributed by atoms with Gasteiger partial charge in [-0.1, -0.05) is 197 Å². The fraction of sp³-hybridized carbons (Fsp3) is 0.600. The lowest BCUT2D eigenvalue weighted by molar-refractivity contribution is 0.410. The van der Waals surface area contributed by atoms with Gasteiger partial charge < -0.3 is 0 Å². The van der Waals surface area contributed by atoms with Crippen LogP contribution in [0.5, 0.6) is 0 Å². The number of hydrogen-bond donors (Lipinski definition) is 0. The average Bonchev–Trinajstić information content (AvgIpc) is 2.81. The van der Waals surface area contributed by atoms with Crippen LogP contribution >= 0.6 is 0 Å². The summed E-state index contributed by atoms with van der Waals surface area (Å²) in [4.78, 5) is 0. The van der Waals surface area contributed by atoms with Crippen molar-refractivity contribution in [3.8, 4) is 0 Å². The minimum atomic E-state index is 0.258. The van der Waals surface area contributed by atoms with Gasteiger partial charge in [-0.25, -0.2) is 0 Å². The summed E-state index contributed by atoms with van der Waals surface area (Å²) in [6.07, 6.45) is 3.45. The van der Waals surface area contributed by atoms with E-state index in [4.69, 9.17) is 0 Å². The van der Waals surface area contributed by atoms with Crippen molar-refractivity contribution in [3.63, 3.8) is 0 Å². The Morgan fingerprint density at radius 2 is 0.600 bits per heavy atom. The standard InChI is InChI=1S/3C15H24/c2*1-14(2,3)11-12-7-9-13(10-8-12)15(4,5)6;1-14(2,3)11-12-8-7-9-13(10-12)15(4,5)6/h3*7-10H,11H2,1-6H3. The summed E-state index contributed by atoms with van der Waals surface area (Å²) in [5, 5.41) is 0. The Labute approximate surface area is 281 Å². The average molecular weight is 613 g/mol. The van der Waals surface area contributed by atoms with E-state index in [1.54, 1.807) is 0 Å². The molecule has 0 bridgehead atoms. The largest absolute Gasteiger partial charge is 0.0617 e. The van der Waals surface area contributed by atoms with Gasteiger partial charge in [0.25, 0.3) is 0 Å². The van der Waals surface area contributed by atoms with Crippen LogP contribution in [0.1, 0.15) is 158 Å². The molecule has 0 aliphatic heterocycles. The third kappa shape index (κ3) is 17.8. The first-order valence-electron chi connectivity index (χ1n) is 17.3. The highest BCUT2D eigenvalue weighted by molar-refractivity contribution is 5.30. The summed E-state index contributed by atoms with van der Waals surface area (Å²) in [5.41, 5.74) is 10.5. The first-order valence-corrected chi connectivity index (χ1v) is 17.3. The summed E-state index contributed by atoms with van der Waals surface area (Å²) in [6.45, 7) is 40.9. The van der Waals surface area contributed by atoms with Crippen molar-refractivity contribution >= 4 is 0 Å². The van der Waals surface area contributed by atoms with Crippen LogP contribution in [0.2, 0.25) is 0 Å². The third-order valence-corrected chi connectivity index (χ3v) is 7.64. The van der Waals surface area contributed by atoms with E-state index in [1.165, 1.54) is 33.4 Å². The van der Waals surface area contributed by atoms with Crippen molar-refractivity contribution in [2.45, 2.75) is 160 Å². The second-order valence-corrected chi connectivity index (χ2v) is 20.1. The summed E-state index contributed by atoms with van der Waals surface area (Å²) >= 11 is 0. The van der Waals surface area contributed by atoms with Crippen LogP contribution in [0.4, 0.5) is 0 Å². The van der Waals surface area contributed by atoms with Gasteiger partial charge in [0.2, 0.25) is 0 Å². The third-order valence-electron chi connectivity index (χ3n) is 7.64. The molecule has 0 unspecified atom stereocenters. The van der Waals surface area contributed by atoms with Crippen molar-refractivity contribution in [3.05, 3.63) is 106 Å². The van der Waals surface area contributed by atoms with E-state index in [2.05, 4.69) is 197 Å². The molecular formula is C45H72. The maximum atomic E-state index is 2.35. The SMILES string of the molecule is CC(C)(C)Cc1ccc(C(C)(C)C)cc1.CC(C)(C)Cc1ccc(C(C)(C)C)cc1.CC(C)(C)Cc1cccc(C(C)(C)C)c1. The molecule has 252 valence electrons. The number of benzene rings is 3. The van der Waals surface area contributed by atoms with E-state index < -0.39 is 0 Å². The molecule has 0 nitrogen and oxygen atoms in total. The van der Waals surface area contributed by atoms with E-state index in [-0.39, 0.29) is 16.2 Å². The maximum Gasteiger partial charge on any atom is -0.0132 e. The Kier molecular flexibility index (Phi) is 14.0. The van der Waals surface area contributed by atoms with Gasteiger partial charge in [-0.15, -0.1) is 0 Å². The first kappa shape index (κ1) is 40.7. The summed E-state index contributed by atoms with van der Waals surface area (Å²) in [6, 6.07) is 27.1. The van der Waals surface area contributed by atoms with Gasteiger partial charge in [-0.05, 0) is 85.1 Å². The van der Waals surface area contributed by atoms with Crippen LogP contribution in [0.15, 0.2) is 72.8 Å². The minimum Gasteiger partial charge on any atom is -0.0617 e. The molecule has 0 spiro atoms. The first-order chi connectivity index (χ1) is 20.1. The zero-order chi connectivity index (χ0) is 35.1. The molecule has 3 aromatic carbocycles. The monoisotopic (exact) mass is 613 g/mol. The molecule has 0 amide bonds. The van der Waals surface area contributed by atoms with Crippen LogP contribution < -0.4 is 0 Å². The topological polar surface area (TPSA) is 0 Å². The van der Waals surface area contributed by atoms with Gasteiger partial charge in [-0.3, -0.25) is 0 Å². The van der Waals surface area contributed by atoms with Gasteiger partial charge in [0.1, 0.15) is 0 Å². The molecular weight excluding hydrogens is 540 g/mol. The molecule has 45 heavy (non-hydrogen) atoms. The smallest absolute Gasteiger partial charge is 0.0132 e. The van der Waals surface area contributed by atoms with Gasteiger partial charge >= 0.3 is 0 Å². The van der Waals surface area contributed by atoms with Gasteiger partial charge in [0, 0.05) is 0 Å². The van der Waals surface area contributed by atoms with Crippen LogP contribution in [-0.4, -0.2) is 0 Å². The fourth-order valence-electron chi connectivity index (χ4n) is 5.23. The zero-order valence-corrected chi connectivity index (χ0v) is 33.0. The maximum absolute atomic E-state index is 2.35. The summed E-state index contributed by atoms with van der Waals surface area (Å²) in [5.74, 6) is 0. The molecule has 0 saturated carbocycles. The van der Waals surface area contributed by atoms with E-state index in [1.807, 2.05) is 0 Å². The lowest BCUT2D eigenvalue weighted by atomic mass is 9.83. The molecule has 0 aromatic heterocycles. The van der Waals surface area contributed by atoms with E-state index >= 15 is 0 Å². The Balaban J connectivity index is 0.000000337. The summed E-state index contributed by atoms with van der Waals surface area (Å²) in [7, 11) is 0. The molecule has 0 radical (unpaired) electrons. The predicted octanol–water partition coefficient (Wildman–Crippen LogP) is 13.7. The van der Waals surface area contributed by atoms with E-state index in [9.17, 15) is 0 Å². The lowest BCUT2D eigenvalue weighted by Gasteiger charge is -2.22. The molecule has 0 atom stereocenters. The van der Waals surface area contributed by atoms with Gasteiger partial charge in [-0.2, -0.15) is 0 Å². The quantitative estimate of drug-likeness (QED) is 0.276. The molecule has 0 aliphatic carbocycles. The minimum absolute atomic E-state index is 0.258. The highest BCUT2D eigenvalue weighted by Crippen LogP contribution is 2.28. The Morgan fingerprint density at radius 1 is 0.311 bits per heavy atom. The molecule has 0 heteroatoms. The Morgan fingerprint density at radius 3 is 0.867 bits per heavy atom.